The first-order chi connectivity index (χ1) is 9.52. The summed E-state index contributed by atoms with van der Waals surface area (Å²) in [5, 5.41) is 17.5. The summed E-state index contributed by atoms with van der Waals surface area (Å²) in [6.07, 6.45) is 0. The van der Waals surface area contributed by atoms with Gasteiger partial charge in [0, 0.05) is 11.8 Å². The first kappa shape index (κ1) is 14.3. The van der Waals surface area contributed by atoms with E-state index in [4.69, 9.17) is 11.0 Å². The van der Waals surface area contributed by atoms with Gasteiger partial charge in [-0.15, -0.1) is 10.2 Å². The average molecular weight is 291 g/mol. The highest BCUT2D eigenvalue weighted by Gasteiger charge is 2.14. The molecule has 0 fully saturated rings. The van der Waals surface area contributed by atoms with Crippen molar-refractivity contribution < 1.29 is 4.39 Å². The molecule has 2 rings (SSSR count). The van der Waals surface area contributed by atoms with E-state index in [1.54, 1.807) is 4.57 Å². The lowest BCUT2D eigenvalue weighted by Crippen LogP contribution is -2.07. The zero-order valence-electron chi connectivity index (χ0n) is 11.2. The Morgan fingerprint density at radius 2 is 2.20 bits per heavy atom. The van der Waals surface area contributed by atoms with Crippen LogP contribution in [0.3, 0.4) is 0 Å². The topological polar surface area (TPSA) is 80.5 Å². The van der Waals surface area contributed by atoms with Gasteiger partial charge < -0.3 is 5.73 Å². The fraction of sp³-hybridized carbons (Fsp3) is 0.308. The number of halogens is 1. The summed E-state index contributed by atoms with van der Waals surface area (Å²) in [4.78, 5) is 0. The number of anilines is 1. The van der Waals surface area contributed by atoms with E-state index in [1.807, 2.05) is 13.8 Å². The molecular weight excluding hydrogens is 277 g/mol. The van der Waals surface area contributed by atoms with Crippen LogP contribution in [0.25, 0.3) is 0 Å². The van der Waals surface area contributed by atoms with E-state index < -0.39 is 0 Å². The van der Waals surface area contributed by atoms with Crippen LogP contribution < -0.4 is 5.73 Å². The van der Waals surface area contributed by atoms with E-state index >= 15 is 0 Å². The average Bonchev–Trinajstić information content (AvgIpc) is 2.77. The monoisotopic (exact) mass is 291 g/mol. The molecule has 0 aliphatic heterocycles. The fourth-order valence-corrected chi connectivity index (χ4v) is 2.87. The highest BCUT2D eigenvalue weighted by Crippen LogP contribution is 2.27. The molecule has 2 aromatic rings. The normalized spacial score (nSPS) is 10.8. The SMILES string of the molecule is CC(C)n1c(N)nnc1SCc1cc(F)ccc1C#N. The van der Waals surface area contributed by atoms with Gasteiger partial charge in [-0.05, 0) is 37.6 Å². The molecular formula is C13H14FN5S. The number of nitriles is 1. The van der Waals surface area contributed by atoms with Crippen molar-refractivity contribution in [2.75, 3.05) is 5.73 Å². The Labute approximate surface area is 120 Å². The second kappa shape index (κ2) is 5.92. The van der Waals surface area contributed by atoms with Gasteiger partial charge in [-0.25, -0.2) is 4.39 Å². The maximum absolute atomic E-state index is 13.2. The molecule has 0 aliphatic carbocycles. The maximum Gasteiger partial charge on any atom is 0.222 e. The van der Waals surface area contributed by atoms with Crippen LogP contribution in [0.5, 0.6) is 0 Å². The number of rotatable bonds is 4. The minimum atomic E-state index is -0.357. The van der Waals surface area contributed by atoms with E-state index in [1.165, 1.54) is 30.0 Å². The molecule has 0 atom stereocenters. The Morgan fingerprint density at radius 3 is 2.85 bits per heavy atom. The predicted octanol–water partition coefficient (Wildman–Crippen LogP) is 2.74. The summed E-state index contributed by atoms with van der Waals surface area (Å²) in [7, 11) is 0. The maximum atomic E-state index is 13.2. The van der Waals surface area contributed by atoms with Crippen LogP contribution in [-0.4, -0.2) is 14.8 Å². The molecule has 0 bridgehead atoms. The van der Waals surface area contributed by atoms with Gasteiger partial charge in [-0.2, -0.15) is 5.26 Å². The Morgan fingerprint density at radius 1 is 1.45 bits per heavy atom. The van der Waals surface area contributed by atoms with Gasteiger partial charge in [-0.1, -0.05) is 11.8 Å². The summed E-state index contributed by atoms with van der Waals surface area (Å²) in [6.45, 7) is 3.96. The van der Waals surface area contributed by atoms with E-state index in [2.05, 4.69) is 16.3 Å². The Hall–Kier alpha value is -2.07. The van der Waals surface area contributed by atoms with Gasteiger partial charge in [0.25, 0.3) is 0 Å². The van der Waals surface area contributed by atoms with Gasteiger partial charge in [-0.3, -0.25) is 4.57 Å². The zero-order chi connectivity index (χ0) is 14.7. The van der Waals surface area contributed by atoms with Crippen LogP contribution >= 0.6 is 11.8 Å². The van der Waals surface area contributed by atoms with Gasteiger partial charge in [0.15, 0.2) is 5.16 Å². The van der Waals surface area contributed by atoms with Crippen LogP contribution in [0.1, 0.15) is 31.0 Å². The summed E-state index contributed by atoms with van der Waals surface area (Å²) >= 11 is 1.38. The quantitative estimate of drug-likeness (QED) is 0.876. The lowest BCUT2D eigenvalue weighted by molar-refractivity contribution is 0.557. The second-order valence-electron chi connectivity index (χ2n) is 4.51. The number of nitrogens with two attached hydrogens (primary N) is 1. The summed E-state index contributed by atoms with van der Waals surface area (Å²) in [6, 6.07) is 6.31. The first-order valence-corrected chi connectivity index (χ1v) is 7.03. The van der Waals surface area contributed by atoms with Crippen molar-refractivity contribution in [1.82, 2.24) is 14.8 Å². The van der Waals surface area contributed by atoms with E-state index in [0.717, 1.165) is 0 Å². The largest absolute Gasteiger partial charge is 0.368 e. The number of aromatic nitrogens is 3. The molecule has 0 saturated heterocycles. The second-order valence-corrected chi connectivity index (χ2v) is 5.45. The molecule has 0 aliphatic rings. The van der Waals surface area contributed by atoms with Crippen molar-refractivity contribution in [3.63, 3.8) is 0 Å². The third-order valence-electron chi connectivity index (χ3n) is 2.75. The highest BCUT2D eigenvalue weighted by molar-refractivity contribution is 7.98. The molecule has 0 radical (unpaired) electrons. The number of thioether (sulfide) groups is 1. The Kier molecular flexibility index (Phi) is 4.25. The highest BCUT2D eigenvalue weighted by atomic mass is 32.2. The minimum absolute atomic E-state index is 0.135. The molecule has 5 nitrogen and oxygen atoms in total. The first-order valence-electron chi connectivity index (χ1n) is 6.04. The molecule has 1 aromatic heterocycles. The number of nitrogens with zero attached hydrogens (tertiary/aromatic N) is 4. The molecule has 0 amide bonds. The molecule has 2 N–H and O–H groups in total. The standard InChI is InChI=1S/C13H14FN5S/c1-8(2)19-12(16)17-18-13(19)20-7-10-5-11(14)4-3-9(10)6-15/h3-5,8H,7H2,1-2H3,(H2,16,17). The molecule has 1 aromatic carbocycles. The van der Waals surface area contributed by atoms with Crippen LogP contribution in [0.2, 0.25) is 0 Å². The van der Waals surface area contributed by atoms with Crippen LogP contribution in [0.4, 0.5) is 10.3 Å². The Balaban J connectivity index is 2.22. The fourth-order valence-electron chi connectivity index (χ4n) is 1.81. The number of hydrogen-bond donors (Lipinski definition) is 1. The molecule has 7 heteroatoms. The molecule has 0 saturated carbocycles. The predicted molar refractivity (Wildman–Crippen MR) is 75.5 cm³/mol. The van der Waals surface area contributed by atoms with Crippen molar-refractivity contribution in [3.8, 4) is 6.07 Å². The van der Waals surface area contributed by atoms with Crippen LogP contribution in [-0.2, 0) is 5.75 Å². The van der Waals surface area contributed by atoms with Crippen molar-refractivity contribution in [1.29, 1.82) is 5.26 Å². The van der Waals surface area contributed by atoms with Gasteiger partial charge in [0.05, 0.1) is 11.6 Å². The minimum Gasteiger partial charge on any atom is -0.368 e. The lowest BCUT2D eigenvalue weighted by Gasteiger charge is -2.11. The number of benzene rings is 1. The van der Waals surface area contributed by atoms with E-state index in [0.29, 0.717) is 28.0 Å². The molecule has 0 spiro atoms. The molecule has 20 heavy (non-hydrogen) atoms. The van der Waals surface area contributed by atoms with Crippen LogP contribution in [0, 0.1) is 17.1 Å². The van der Waals surface area contributed by atoms with Gasteiger partial charge >= 0.3 is 0 Å². The summed E-state index contributed by atoms with van der Waals surface area (Å²) in [5.74, 6) is 0.428. The van der Waals surface area contributed by atoms with Crippen LogP contribution in [0.15, 0.2) is 23.4 Å². The number of hydrogen-bond acceptors (Lipinski definition) is 5. The van der Waals surface area contributed by atoms with Crippen molar-refractivity contribution in [3.05, 3.63) is 35.1 Å². The van der Waals surface area contributed by atoms with E-state index in [9.17, 15) is 4.39 Å². The van der Waals surface area contributed by atoms with Crippen molar-refractivity contribution in [2.45, 2.75) is 30.8 Å². The van der Waals surface area contributed by atoms with Crippen molar-refractivity contribution >= 4 is 17.7 Å². The van der Waals surface area contributed by atoms with E-state index in [-0.39, 0.29) is 11.9 Å². The summed E-state index contributed by atoms with van der Waals surface area (Å²) in [5.41, 5.74) is 6.85. The lowest BCUT2D eigenvalue weighted by atomic mass is 10.1. The summed E-state index contributed by atoms with van der Waals surface area (Å²) < 4.78 is 15.1. The molecule has 0 unspecified atom stereocenters. The molecule has 1 heterocycles. The third kappa shape index (κ3) is 2.91. The third-order valence-corrected chi connectivity index (χ3v) is 3.74. The Bertz CT molecular complexity index is 659. The number of nitrogen functional groups attached to an aromatic ring is 1. The van der Waals surface area contributed by atoms with Gasteiger partial charge in [0.1, 0.15) is 5.82 Å². The molecule has 104 valence electrons. The smallest absolute Gasteiger partial charge is 0.222 e. The van der Waals surface area contributed by atoms with Crippen molar-refractivity contribution in [2.24, 2.45) is 0 Å². The van der Waals surface area contributed by atoms with Gasteiger partial charge in [0.2, 0.25) is 5.95 Å². The zero-order valence-corrected chi connectivity index (χ0v) is 12.0.